The zero-order valence-corrected chi connectivity index (χ0v) is 14.7. The molecule has 0 saturated carbocycles. The van der Waals surface area contributed by atoms with Gasteiger partial charge in [-0.15, -0.1) is 11.3 Å². The first kappa shape index (κ1) is 17.0. The second-order valence-corrected chi connectivity index (χ2v) is 6.55. The van der Waals surface area contributed by atoms with Gasteiger partial charge in [0.15, 0.2) is 5.76 Å². The van der Waals surface area contributed by atoms with E-state index in [1.165, 1.54) is 17.6 Å². The minimum absolute atomic E-state index is 0.191. The van der Waals surface area contributed by atoms with E-state index in [-0.39, 0.29) is 23.6 Å². The molecular weight excluding hydrogens is 340 g/mol. The number of hydrogen-bond donors (Lipinski definition) is 2. The minimum atomic E-state index is -0.353. The Kier molecular flexibility index (Phi) is 4.99. The molecule has 0 fully saturated rings. The van der Waals surface area contributed by atoms with Crippen LogP contribution in [0.15, 0.2) is 47.2 Å². The normalized spacial score (nSPS) is 11.9. The molecule has 3 heterocycles. The number of thiophene rings is 1. The lowest BCUT2D eigenvalue weighted by molar-refractivity contribution is 0.0995. The molecule has 2 amide bonds. The monoisotopic (exact) mass is 358 g/mol. The van der Waals surface area contributed by atoms with Gasteiger partial charge in [-0.1, -0.05) is 6.92 Å². The molecule has 0 saturated heterocycles. The third-order valence-electron chi connectivity index (χ3n) is 3.73. The average Bonchev–Trinajstić information content (AvgIpc) is 3.35. The van der Waals surface area contributed by atoms with Crippen molar-refractivity contribution in [3.8, 4) is 0 Å². The molecule has 3 aromatic rings. The van der Waals surface area contributed by atoms with Crippen molar-refractivity contribution in [1.82, 2.24) is 9.78 Å². The Bertz CT molecular complexity index is 866. The Morgan fingerprint density at radius 2 is 2.08 bits per heavy atom. The molecule has 1 unspecified atom stereocenters. The number of furan rings is 1. The van der Waals surface area contributed by atoms with Gasteiger partial charge in [-0.3, -0.25) is 9.59 Å². The predicted octanol–water partition coefficient (Wildman–Crippen LogP) is 4.01. The van der Waals surface area contributed by atoms with Crippen LogP contribution in [0.5, 0.6) is 0 Å². The summed E-state index contributed by atoms with van der Waals surface area (Å²) in [6, 6.07) is 8.53. The fraction of sp³-hybridized carbons (Fsp3) is 0.235. The Balaban J connectivity index is 1.67. The fourth-order valence-electron chi connectivity index (χ4n) is 2.22. The Hall–Kier alpha value is -2.87. The Morgan fingerprint density at radius 1 is 1.24 bits per heavy atom. The summed E-state index contributed by atoms with van der Waals surface area (Å²) in [7, 11) is 0. The number of rotatable bonds is 6. The third kappa shape index (κ3) is 3.80. The first-order chi connectivity index (χ1) is 12.1. The molecule has 1 atom stereocenters. The summed E-state index contributed by atoms with van der Waals surface area (Å²) >= 11 is 1.19. The van der Waals surface area contributed by atoms with Crippen molar-refractivity contribution in [2.75, 3.05) is 10.6 Å². The molecule has 0 spiro atoms. The number of carbonyl (C=O) groups is 2. The first-order valence-electron chi connectivity index (χ1n) is 7.88. The number of aromatic nitrogens is 2. The van der Waals surface area contributed by atoms with E-state index in [9.17, 15) is 9.59 Å². The van der Waals surface area contributed by atoms with E-state index in [2.05, 4.69) is 22.7 Å². The van der Waals surface area contributed by atoms with Crippen molar-refractivity contribution in [3.63, 3.8) is 0 Å². The molecule has 0 bridgehead atoms. The fourth-order valence-corrected chi connectivity index (χ4v) is 3.02. The lowest BCUT2D eigenvalue weighted by atomic mass is 10.3. The van der Waals surface area contributed by atoms with Crippen molar-refractivity contribution in [2.45, 2.75) is 26.3 Å². The highest BCUT2D eigenvalue weighted by molar-refractivity contribution is 7.18. The second kappa shape index (κ2) is 7.35. The van der Waals surface area contributed by atoms with Crippen LogP contribution in [-0.2, 0) is 0 Å². The molecule has 0 radical (unpaired) electrons. The van der Waals surface area contributed by atoms with Crippen LogP contribution in [0, 0.1) is 0 Å². The van der Waals surface area contributed by atoms with Gasteiger partial charge in [0.1, 0.15) is 5.82 Å². The van der Waals surface area contributed by atoms with Gasteiger partial charge in [-0.2, -0.15) is 5.10 Å². The predicted molar refractivity (Wildman–Crippen MR) is 96.2 cm³/mol. The zero-order valence-electron chi connectivity index (χ0n) is 13.9. The second-order valence-electron chi connectivity index (χ2n) is 5.47. The molecular formula is C17H18N4O3S. The molecule has 3 rings (SSSR count). The number of anilines is 2. The van der Waals surface area contributed by atoms with E-state index in [1.807, 2.05) is 6.92 Å². The largest absolute Gasteiger partial charge is 0.459 e. The maximum absolute atomic E-state index is 12.4. The summed E-state index contributed by atoms with van der Waals surface area (Å²) in [5.74, 6) is 0.271. The van der Waals surface area contributed by atoms with Crippen molar-refractivity contribution in [2.24, 2.45) is 0 Å². The highest BCUT2D eigenvalue weighted by Gasteiger charge is 2.16. The standard InChI is InChI=1S/C17H18N4O3S/c1-3-11(2)21-14(8-9-18-21)19-17(23)13-6-7-15(25-13)20-16(22)12-5-4-10-24-12/h4-11H,3H2,1-2H3,(H,19,23)(H,20,22). The topological polar surface area (TPSA) is 89.2 Å². The first-order valence-corrected chi connectivity index (χ1v) is 8.69. The summed E-state index contributed by atoms with van der Waals surface area (Å²) in [6.07, 6.45) is 4.00. The highest BCUT2D eigenvalue weighted by Crippen LogP contribution is 2.24. The molecule has 25 heavy (non-hydrogen) atoms. The van der Waals surface area contributed by atoms with Gasteiger partial charge >= 0.3 is 0 Å². The molecule has 130 valence electrons. The molecule has 3 aromatic heterocycles. The zero-order chi connectivity index (χ0) is 17.8. The van der Waals surface area contributed by atoms with Crippen LogP contribution in [0.25, 0.3) is 0 Å². The van der Waals surface area contributed by atoms with Crippen molar-refractivity contribution in [3.05, 3.63) is 53.4 Å². The molecule has 0 aliphatic carbocycles. The number of nitrogens with one attached hydrogen (secondary N) is 2. The summed E-state index contributed by atoms with van der Waals surface area (Å²) in [4.78, 5) is 24.9. The molecule has 2 N–H and O–H groups in total. The highest BCUT2D eigenvalue weighted by atomic mass is 32.1. The SMILES string of the molecule is CCC(C)n1nccc1NC(=O)c1ccc(NC(=O)c2ccco2)s1. The van der Waals surface area contributed by atoms with Crippen molar-refractivity contribution in [1.29, 1.82) is 0 Å². The number of carbonyl (C=O) groups excluding carboxylic acids is 2. The van der Waals surface area contributed by atoms with Crippen LogP contribution >= 0.6 is 11.3 Å². The van der Waals surface area contributed by atoms with E-state index in [0.717, 1.165) is 6.42 Å². The van der Waals surface area contributed by atoms with E-state index < -0.39 is 0 Å². The summed E-state index contributed by atoms with van der Waals surface area (Å²) in [5, 5.41) is 10.4. The lowest BCUT2D eigenvalue weighted by Crippen LogP contribution is -2.16. The summed E-state index contributed by atoms with van der Waals surface area (Å²) in [5.41, 5.74) is 0. The quantitative estimate of drug-likeness (QED) is 0.697. The number of nitrogens with zero attached hydrogens (tertiary/aromatic N) is 2. The number of amides is 2. The maximum atomic E-state index is 12.4. The van der Waals surface area contributed by atoms with Crippen LogP contribution in [0.3, 0.4) is 0 Å². The van der Waals surface area contributed by atoms with Gasteiger partial charge in [0.2, 0.25) is 0 Å². The van der Waals surface area contributed by atoms with Gasteiger partial charge in [0, 0.05) is 6.07 Å². The van der Waals surface area contributed by atoms with E-state index in [0.29, 0.717) is 15.7 Å². The van der Waals surface area contributed by atoms with Crippen LogP contribution in [0.4, 0.5) is 10.8 Å². The van der Waals surface area contributed by atoms with Crippen LogP contribution in [0.1, 0.15) is 46.5 Å². The molecule has 7 nitrogen and oxygen atoms in total. The van der Waals surface area contributed by atoms with Gasteiger partial charge in [0.25, 0.3) is 11.8 Å². The van der Waals surface area contributed by atoms with Gasteiger partial charge < -0.3 is 15.1 Å². The molecule has 0 aromatic carbocycles. The van der Waals surface area contributed by atoms with Crippen LogP contribution in [0.2, 0.25) is 0 Å². The summed E-state index contributed by atoms with van der Waals surface area (Å²) < 4.78 is 6.82. The van der Waals surface area contributed by atoms with Crippen molar-refractivity contribution < 1.29 is 14.0 Å². The number of hydrogen-bond acceptors (Lipinski definition) is 5. The Morgan fingerprint density at radius 3 is 2.80 bits per heavy atom. The third-order valence-corrected chi connectivity index (χ3v) is 4.73. The van der Waals surface area contributed by atoms with Gasteiger partial charge in [-0.05, 0) is 37.6 Å². The average molecular weight is 358 g/mol. The van der Waals surface area contributed by atoms with Crippen molar-refractivity contribution >= 4 is 34.0 Å². The molecule has 8 heteroatoms. The molecule has 0 aliphatic heterocycles. The lowest BCUT2D eigenvalue weighted by Gasteiger charge is -2.13. The van der Waals surface area contributed by atoms with Crippen LogP contribution < -0.4 is 10.6 Å². The van der Waals surface area contributed by atoms with Gasteiger partial charge in [0.05, 0.1) is 28.4 Å². The molecule has 0 aliphatic rings. The maximum Gasteiger partial charge on any atom is 0.291 e. The van der Waals surface area contributed by atoms with E-state index in [1.54, 1.807) is 41.2 Å². The van der Waals surface area contributed by atoms with Crippen LogP contribution in [-0.4, -0.2) is 21.6 Å². The van der Waals surface area contributed by atoms with E-state index >= 15 is 0 Å². The van der Waals surface area contributed by atoms with Gasteiger partial charge in [-0.25, -0.2) is 4.68 Å². The van der Waals surface area contributed by atoms with E-state index in [4.69, 9.17) is 4.42 Å². The minimum Gasteiger partial charge on any atom is -0.459 e. The Labute approximate surface area is 148 Å². The summed E-state index contributed by atoms with van der Waals surface area (Å²) in [6.45, 7) is 4.10. The smallest absolute Gasteiger partial charge is 0.291 e.